The van der Waals surface area contributed by atoms with E-state index < -0.39 is 59.2 Å². The van der Waals surface area contributed by atoms with Gasteiger partial charge in [0.2, 0.25) is 0 Å². The van der Waals surface area contributed by atoms with Gasteiger partial charge in [0.05, 0.1) is 10.5 Å². The van der Waals surface area contributed by atoms with E-state index in [2.05, 4.69) is 0 Å². The molecule has 3 aliphatic heterocycles. The Morgan fingerprint density at radius 2 is 1.52 bits per heavy atom. The van der Waals surface area contributed by atoms with Crippen LogP contribution in [0, 0.1) is 6.92 Å². The number of carbonyl (C=O) groups excluding carboxylic acids is 1. The SMILES string of the molecule is Cc1ccc(S(=O)(=O)O[C@H]2[C@H]3O[C@H]4O[C@@H]2[C@@H](O)[C@H](O4)[C@H]3OC(=O)c2ccccc2)cc1. The van der Waals surface area contributed by atoms with E-state index in [-0.39, 0.29) is 4.90 Å². The number of benzene rings is 2. The lowest BCUT2D eigenvalue weighted by molar-refractivity contribution is -0.477. The Morgan fingerprint density at radius 1 is 0.903 bits per heavy atom. The summed E-state index contributed by atoms with van der Waals surface area (Å²) < 4.78 is 53.3. The first-order valence-corrected chi connectivity index (χ1v) is 11.1. The van der Waals surface area contributed by atoms with Crippen LogP contribution in [0.5, 0.6) is 0 Å². The molecular formula is C21H20O9S. The summed E-state index contributed by atoms with van der Waals surface area (Å²) in [5.74, 6) is -0.654. The van der Waals surface area contributed by atoms with Crippen LogP contribution in [-0.2, 0) is 33.2 Å². The highest BCUT2D eigenvalue weighted by molar-refractivity contribution is 7.86. The maximum absolute atomic E-state index is 12.8. The smallest absolute Gasteiger partial charge is 0.338 e. The zero-order chi connectivity index (χ0) is 21.8. The van der Waals surface area contributed by atoms with Gasteiger partial charge in [-0.25, -0.2) is 4.79 Å². The van der Waals surface area contributed by atoms with E-state index in [0.717, 1.165) is 5.56 Å². The number of carbonyl (C=O) groups is 1. The van der Waals surface area contributed by atoms with E-state index in [1.807, 2.05) is 6.92 Å². The number of ether oxygens (including phenoxy) is 4. The summed E-state index contributed by atoms with van der Waals surface area (Å²) in [5.41, 5.74) is 1.19. The van der Waals surface area contributed by atoms with Crippen molar-refractivity contribution in [3.8, 4) is 0 Å². The molecule has 3 saturated heterocycles. The van der Waals surface area contributed by atoms with Crippen LogP contribution in [0.2, 0.25) is 0 Å². The number of aliphatic hydroxyl groups is 1. The fourth-order valence-corrected chi connectivity index (χ4v) is 5.10. The van der Waals surface area contributed by atoms with Gasteiger partial charge in [-0.2, -0.15) is 8.42 Å². The predicted molar refractivity (Wildman–Crippen MR) is 103 cm³/mol. The van der Waals surface area contributed by atoms with Crippen molar-refractivity contribution in [2.75, 3.05) is 0 Å². The van der Waals surface area contributed by atoms with Crippen molar-refractivity contribution in [3.05, 3.63) is 65.7 Å². The van der Waals surface area contributed by atoms with E-state index in [0.29, 0.717) is 5.56 Å². The van der Waals surface area contributed by atoms with Gasteiger partial charge in [-0.1, -0.05) is 35.9 Å². The standard InChI is InChI=1S/C21H20O9S/c1-11-7-9-13(10-8-11)31(24,25)30-19-16-14(22)15-17(18(19)29-21(27-15)28-16)26-20(23)12-5-3-2-4-6-12/h2-10,14-19,21-22H,1H3/t14-,15-,16+,17+,18-,19+,21+/m0/s1. The molecule has 6 rings (SSSR count). The molecule has 0 amide bonds. The van der Waals surface area contributed by atoms with Gasteiger partial charge in [0.25, 0.3) is 16.6 Å². The summed E-state index contributed by atoms with van der Waals surface area (Å²) in [6.07, 6.45) is -6.54. The van der Waals surface area contributed by atoms with Gasteiger partial charge in [-0.05, 0) is 31.2 Å². The van der Waals surface area contributed by atoms with Crippen LogP contribution in [0.15, 0.2) is 59.5 Å². The van der Waals surface area contributed by atoms with Crippen LogP contribution in [0.1, 0.15) is 15.9 Å². The molecule has 0 radical (unpaired) electrons. The maximum Gasteiger partial charge on any atom is 0.338 e. The van der Waals surface area contributed by atoms with Gasteiger partial charge < -0.3 is 24.1 Å². The van der Waals surface area contributed by atoms with E-state index in [1.54, 1.807) is 42.5 Å². The van der Waals surface area contributed by atoms with E-state index in [1.165, 1.54) is 12.1 Å². The average molecular weight is 448 g/mol. The normalized spacial score (nSPS) is 33.9. The molecule has 0 aromatic heterocycles. The maximum atomic E-state index is 12.8. The summed E-state index contributed by atoms with van der Waals surface area (Å²) in [4.78, 5) is 12.5. The molecule has 1 aliphatic carbocycles. The van der Waals surface area contributed by atoms with E-state index in [4.69, 9.17) is 23.1 Å². The molecule has 1 N–H and O–H groups in total. The highest BCUT2D eigenvalue weighted by Crippen LogP contribution is 2.43. The summed E-state index contributed by atoms with van der Waals surface area (Å²) in [6.45, 7) is 0.732. The number of hydrogen-bond donors (Lipinski definition) is 1. The second-order valence-electron chi connectivity index (χ2n) is 7.65. The van der Waals surface area contributed by atoms with Crippen molar-refractivity contribution < 1.29 is 41.4 Å². The molecule has 4 aliphatic rings. The van der Waals surface area contributed by atoms with Crippen LogP contribution in [-0.4, -0.2) is 62.6 Å². The third-order valence-corrected chi connectivity index (χ3v) is 6.90. The second kappa shape index (κ2) is 7.66. The first-order valence-electron chi connectivity index (χ1n) is 9.74. The Bertz CT molecular complexity index is 1070. The predicted octanol–water partition coefficient (Wildman–Crippen LogP) is 1.14. The summed E-state index contributed by atoms with van der Waals surface area (Å²) in [7, 11) is -4.20. The lowest BCUT2D eigenvalue weighted by Gasteiger charge is -2.56. The van der Waals surface area contributed by atoms with Crippen LogP contribution >= 0.6 is 0 Å². The molecule has 0 spiro atoms. The number of rotatable bonds is 5. The number of aryl methyl sites for hydroxylation is 1. The van der Waals surface area contributed by atoms with E-state index >= 15 is 0 Å². The van der Waals surface area contributed by atoms with Crippen molar-refractivity contribution in [3.63, 3.8) is 0 Å². The van der Waals surface area contributed by atoms with Gasteiger partial charge in [0.1, 0.15) is 30.5 Å². The second-order valence-corrected chi connectivity index (χ2v) is 9.22. The van der Waals surface area contributed by atoms with Gasteiger partial charge >= 0.3 is 5.97 Å². The molecular weight excluding hydrogens is 428 g/mol. The highest BCUT2D eigenvalue weighted by Gasteiger charge is 2.64. The molecule has 2 aromatic rings. The fourth-order valence-electron chi connectivity index (χ4n) is 4.00. The number of aliphatic hydroxyl groups excluding tert-OH is 1. The van der Waals surface area contributed by atoms with E-state index in [9.17, 15) is 18.3 Å². The van der Waals surface area contributed by atoms with Gasteiger partial charge in [-0.15, -0.1) is 0 Å². The van der Waals surface area contributed by atoms with Crippen molar-refractivity contribution in [2.24, 2.45) is 0 Å². The Balaban J connectivity index is 1.42. The van der Waals surface area contributed by atoms with Crippen molar-refractivity contribution in [2.45, 2.75) is 54.9 Å². The van der Waals surface area contributed by atoms with Crippen molar-refractivity contribution in [1.29, 1.82) is 0 Å². The Kier molecular flexibility index (Phi) is 5.08. The summed E-state index contributed by atoms with van der Waals surface area (Å²) in [5, 5.41) is 10.7. The summed E-state index contributed by atoms with van der Waals surface area (Å²) in [6, 6.07) is 14.4. The molecule has 4 bridgehead atoms. The highest BCUT2D eigenvalue weighted by atomic mass is 32.2. The van der Waals surface area contributed by atoms with Crippen LogP contribution in [0.4, 0.5) is 0 Å². The van der Waals surface area contributed by atoms with Gasteiger partial charge in [-0.3, -0.25) is 4.18 Å². The molecule has 4 fully saturated rings. The van der Waals surface area contributed by atoms with Crippen LogP contribution in [0.3, 0.4) is 0 Å². The zero-order valence-electron chi connectivity index (χ0n) is 16.4. The van der Waals surface area contributed by atoms with Crippen LogP contribution in [0.25, 0.3) is 0 Å². The largest absolute Gasteiger partial charge is 0.453 e. The fraction of sp³-hybridized carbons (Fsp3) is 0.381. The molecule has 7 atom stereocenters. The molecule has 1 saturated carbocycles. The van der Waals surface area contributed by atoms with Gasteiger partial charge in [0.15, 0.2) is 6.10 Å². The minimum atomic E-state index is -4.20. The average Bonchev–Trinajstić information content (AvgIpc) is 2.76. The van der Waals surface area contributed by atoms with Crippen molar-refractivity contribution >= 4 is 16.1 Å². The lowest BCUT2D eigenvalue weighted by Crippen LogP contribution is -2.76. The van der Waals surface area contributed by atoms with Gasteiger partial charge in [0, 0.05) is 0 Å². The lowest BCUT2D eigenvalue weighted by atomic mass is 9.82. The molecule has 31 heavy (non-hydrogen) atoms. The quantitative estimate of drug-likeness (QED) is 0.531. The Hall–Kier alpha value is -2.34. The first-order chi connectivity index (χ1) is 14.8. The molecule has 2 aromatic carbocycles. The van der Waals surface area contributed by atoms with Crippen molar-refractivity contribution in [1.82, 2.24) is 0 Å². The molecule has 10 heteroatoms. The molecule has 164 valence electrons. The molecule has 9 nitrogen and oxygen atoms in total. The summed E-state index contributed by atoms with van der Waals surface area (Å²) >= 11 is 0. The number of esters is 1. The third kappa shape index (κ3) is 3.65. The minimum absolute atomic E-state index is 0.0459. The number of hydrogen-bond acceptors (Lipinski definition) is 9. The van der Waals surface area contributed by atoms with Crippen LogP contribution < -0.4 is 0 Å². The third-order valence-electron chi connectivity index (χ3n) is 5.57. The Labute approximate surface area is 178 Å². The topological polar surface area (TPSA) is 118 Å². The Morgan fingerprint density at radius 3 is 2.19 bits per heavy atom. The minimum Gasteiger partial charge on any atom is -0.453 e. The zero-order valence-corrected chi connectivity index (χ0v) is 17.2. The molecule has 0 unspecified atom stereocenters. The molecule has 3 heterocycles. The first kappa shape index (κ1) is 20.6. The monoisotopic (exact) mass is 448 g/mol.